The molecule has 0 bridgehead atoms. The smallest absolute Gasteiger partial charge is 0.332 e. The number of rotatable bonds is 5. The van der Waals surface area contributed by atoms with E-state index in [0.29, 0.717) is 0 Å². The summed E-state index contributed by atoms with van der Waals surface area (Å²) in [6, 6.07) is 0. The van der Waals surface area contributed by atoms with Gasteiger partial charge in [-0.2, -0.15) is 0 Å². The second-order valence-corrected chi connectivity index (χ2v) is 2.56. The van der Waals surface area contributed by atoms with Crippen LogP contribution in [0.3, 0.4) is 0 Å². The number of hydrogen-bond donors (Lipinski definition) is 1. The minimum Gasteiger partial charge on any atom is -0.479 e. The first-order valence-electron chi connectivity index (χ1n) is 4.00. The number of carboxylic acids is 1. The fraction of sp³-hybridized carbons (Fsp3) is 0.875. The van der Waals surface area contributed by atoms with Crippen LogP contribution in [0.15, 0.2) is 0 Å². The van der Waals surface area contributed by atoms with E-state index < -0.39 is 12.1 Å². The lowest BCUT2D eigenvalue weighted by Crippen LogP contribution is -2.25. The van der Waals surface area contributed by atoms with E-state index in [4.69, 9.17) is 9.84 Å². The molecule has 0 aromatic heterocycles. The number of carbonyl (C=O) groups is 1. The molecule has 0 aliphatic carbocycles. The van der Waals surface area contributed by atoms with Gasteiger partial charge in [0.25, 0.3) is 0 Å². The van der Waals surface area contributed by atoms with E-state index in [0.717, 1.165) is 12.8 Å². The Morgan fingerprint density at radius 1 is 1.45 bits per heavy atom. The summed E-state index contributed by atoms with van der Waals surface area (Å²) in [6.45, 7) is 5.53. The van der Waals surface area contributed by atoms with Gasteiger partial charge in [0.2, 0.25) is 0 Å². The lowest BCUT2D eigenvalue weighted by Gasteiger charge is -2.16. The van der Waals surface area contributed by atoms with Crippen molar-refractivity contribution in [3.05, 3.63) is 0 Å². The standard InChI is InChI=1S/C8H16O3/c1-4-7(5-2)11-6(3)8(9)10/h6-7H,4-5H2,1-3H3,(H,9,10)/t6-/m1/s1. The molecule has 3 nitrogen and oxygen atoms in total. The van der Waals surface area contributed by atoms with Crippen molar-refractivity contribution in [1.82, 2.24) is 0 Å². The summed E-state index contributed by atoms with van der Waals surface area (Å²) in [4.78, 5) is 10.3. The van der Waals surface area contributed by atoms with Gasteiger partial charge in [-0.15, -0.1) is 0 Å². The number of aliphatic carboxylic acids is 1. The van der Waals surface area contributed by atoms with Gasteiger partial charge in [0.1, 0.15) is 0 Å². The molecule has 1 N–H and O–H groups in total. The molecule has 0 saturated heterocycles. The average Bonchev–Trinajstić information content (AvgIpc) is 1.99. The van der Waals surface area contributed by atoms with Gasteiger partial charge in [-0.3, -0.25) is 0 Å². The molecule has 0 aliphatic rings. The van der Waals surface area contributed by atoms with E-state index in [1.165, 1.54) is 0 Å². The zero-order chi connectivity index (χ0) is 8.85. The molecule has 3 heteroatoms. The molecule has 0 fully saturated rings. The molecule has 0 saturated carbocycles. The molecule has 1 atom stereocenters. The van der Waals surface area contributed by atoms with Crippen molar-refractivity contribution in [3.8, 4) is 0 Å². The summed E-state index contributed by atoms with van der Waals surface area (Å²) >= 11 is 0. The van der Waals surface area contributed by atoms with Gasteiger partial charge in [-0.1, -0.05) is 13.8 Å². The van der Waals surface area contributed by atoms with Gasteiger partial charge >= 0.3 is 5.97 Å². The van der Waals surface area contributed by atoms with Crippen LogP contribution in [0.4, 0.5) is 0 Å². The Morgan fingerprint density at radius 3 is 2.18 bits per heavy atom. The molecule has 0 heterocycles. The minimum absolute atomic E-state index is 0.0844. The van der Waals surface area contributed by atoms with Crippen molar-refractivity contribution in [2.45, 2.75) is 45.8 Å². The van der Waals surface area contributed by atoms with E-state index in [1.54, 1.807) is 6.92 Å². The Balaban J connectivity index is 3.71. The third-order valence-corrected chi connectivity index (χ3v) is 1.66. The summed E-state index contributed by atoms with van der Waals surface area (Å²) in [5.41, 5.74) is 0. The fourth-order valence-corrected chi connectivity index (χ4v) is 0.828. The topological polar surface area (TPSA) is 46.5 Å². The van der Waals surface area contributed by atoms with Gasteiger partial charge in [0.15, 0.2) is 6.10 Å². The Morgan fingerprint density at radius 2 is 1.91 bits per heavy atom. The molecule has 0 radical (unpaired) electrons. The third-order valence-electron chi connectivity index (χ3n) is 1.66. The van der Waals surface area contributed by atoms with Crippen LogP contribution < -0.4 is 0 Å². The first-order valence-corrected chi connectivity index (χ1v) is 4.00. The first-order chi connectivity index (χ1) is 5.11. The molecule has 66 valence electrons. The van der Waals surface area contributed by atoms with Gasteiger partial charge in [0.05, 0.1) is 6.10 Å². The predicted molar refractivity (Wildman–Crippen MR) is 42.6 cm³/mol. The summed E-state index contributed by atoms with van der Waals surface area (Å²) in [5.74, 6) is -0.892. The zero-order valence-corrected chi connectivity index (χ0v) is 7.33. The van der Waals surface area contributed by atoms with Crippen LogP contribution in [-0.2, 0) is 9.53 Å². The fourth-order valence-electron chi connectivity index (χ4n) is 0.828. The Bertz CT molecular complexity index is 119. The van der Waals surface area contributed by atoms with Crippen LogP contribution >= 0.6 is 0 Å². The van der Waals surface area contributed by atoms with Crippen molar-refractivity contribution >= 4 is 5.97 Å². The number of hydrogen-bond acceptors (Lipinski definition) is 2. The van der Waals surface area contributed by atoms with Gasteiger partial charge in [-0.25, -0.2) is 4.79 Å². The van der Waals surface area contributed by atoms with Crippen molar-refractivity contribution < 1.29 is 14.6 Å². The van der Waals surface area contributed by atoms with Crippen LogP contribution in [0, 0.1) is 0 Å². The van der Waals surface area contributed by atoms with Crippen LogP contribution in [0.5, 0.6) is 0 Å². The first kappa shape index (κ1) is 10.4. The quantitative estimate of drug-likeness (QED) is 0.665. The van der Waals surface area contributed by atoms with Crippen LogP contribution in [-0.4, -0.2) is 23.3 Å². The molecule has 0 spiro atoms. The number of ether oxygens (including phenoxy) is 1. The highest BCUT2D eigenvalue weighted by Gasteiger charge is 2.15. The molecule has 0 aromatic carbocycles. The van der Waals surface area contributed by atoms with Crippen molar-refractivity contribution in [2.75, 3.05) is 0 Å². The van der Waals surface area contributed by atoms with Gasteiger partial charge < -0.3 is 9.84 Å². The molecule has 0 amide bonds. The lowest BCUT2D eigenvalue weighted by molar-refractivity contribution is -0.153. The van der Waals surface area contributed by atoms with Crippen LogP contribution in [0.1, 0.15) is 33.6 Å². The van der Waals surface area contributed by atoms with Gasteiger partial charge in [-0.05, 0) is 19.8 Å². The van der Waals surface area contributed by atoms with E-state index in [9.17, 15) is 4.79 Å². The Kier molecular flexibility index (Phi) is 4.86. The molecular weight excluding hydrogens is 144 g/mol. The third kappa shape index (κ3) is 3.98. The normalized spacial score (nSPS) is 13.5. The summed E-state index contributed by atoms with van der Waals surface area (Å²) in [6.07, 6.45) is 1.14. The second-order valence-electron chi connectivity index (χ2n) is 2.56. The molecule has 0 aromatic rings. The average molecular weight is 160 g/mol. The molecular formula is C8H16O3. The Labute approximate surface area is 67.4 Å². The largest absolute Gasteiger partial charge is 0.479 e. The maximum atomic E-state index is 10.3. The van der Waals surface area contributed by atoms with E-state index in [2.05, 4.69) is 0 Å². The molecule has 0 unspecified atom stereocenters. The number of carboxylic acid groups (broad SMARTS) is 1. The Hall–Kier alpha value is -0.570. The van der Waals surface area contributed by atoms with E-state index >= 15 is 0 Å². The predicted octanol–water partition coefficient (Wildman–Crippen LogP) is 1.66. The second kappa shape index (κ2) is 5.13. The van der Waals surface area contributed by atoms with Gasteiger partial charge in [0, 0.05) is 0 Å². The van der Waals surface area contributed by atoms with Crippen molar-refractivity contribution in [1.29, 1.82) is 0 Å². The summed E-state index contributed by atoms with van der Waals surface area (Å²) in [7, 11) is 0. The summed E-state index contributed by atoms with van der Waals surface area (Å²) < 4.78 is 5.21. The van der Waals surface area contributed by atoms with Crippen molar-refractivity contribution in [2.24, 2.45) is 0 Å². The molecule has 11 heavy (non-hydrogen) atoms. The van der Waals surface area contributed by atoms with E-state index in [-0.39, 0.29) is 6.10 Å². The maximum Gasteiger partial charge on any atom is 0.332 e. The molecule has 0 rings (SSSR count). The monoisotopic (exact) mass is 160 g/mol. The van der Waals surface area contributed by atoms with Crippen LogP contribution in [0.2, 0.25) is 0 Å². The lowest BCUT2D eigenvalue weighted by atomic mass is 10.2. The minimum atomic E-state index is -0.892. The SMILES string of the molecule is CCC(CC)O[C@H](C)C(=O)O. The maximum absolute atomic E-state index is 10.3. The highest BCUT2D eigenvalue weighted by molar-refractivity contribution is 5.71. The van der Waals surface area contributed by atoms with E-state index in [1.807, 2.05) is 13.8 Å². The van der Waals surface area contributed by atoms with Crippen molar-refractivity contribution in [3.63, 3.8) is 0 Å². The van der Waals surface area contributed by atoms with Crippen LogP contribution in [0.25, 0.3) is 0 Å². The zero-order valence-electron chi connectivity index (χ0n) is 7.33. The molecule has 0 aliphatic heterocycles. The summed E-state index contributed by atoms with van der Waals surface area (Å²) in [5, 5.41) is 8.50. The highest BCUT2D eigenvalue weighted by atomic mass is 16.5. The highest BCUT2D eigenvalue weighted by Crippen LogP contribution is 2.06.